The first kappa shape index (κ1) is 14.5. The topological polar surface area (TPSA) is 12.0 Å². The maximum Gasteiger partial charge on any atom is 0.0130 e. The van der Waals surface area contributed by atoms with Crippen LogP contribution in [-0.4, -0.2) is 13.1 Å². The summed E-state index contributed by atoms with van der Waals surface area (Å²) in [6, 6.07) is 19.6. The van der Waals surface area contributed by atoms with Crippen LogP contribution >= 0.6 is 22.6 Å². The van der Waals surface area contributed by atoms with Crippen molar-refractivity contribution in [3.05, 3.63) is 69.3 Å². The van der Waals surface area contributed by atoms with Crippen molar-refractivity contribution < 1.29 is 0 Å². The second kappa shape index (κ2) is 7.65. The molecule has 2 aromatic rings. The van der Waals surface area contributed by atoms with E-state index in [1.807, 2.05) is 0 Å². The molecule has 0 aliphatic carbocycles. The van der Waals surface area contributed by atoms with Crippen molar-refractivity contribution in [1.29, 1.82) is 0 Å². The molecule has 0 aliphatic heterocycles. The highest BCUT2D eigenvalue weighted by atomic mass is 127. The smallest absolute Gasteiger partial charge is 0.0130 e. The van der Waals surface area contributed by atoms with Crippen molar-refractivity contribution in [3.8, 4) is 0 Å². The Balaban J connectivity index is 2.11. The zero-order valence-corrected chi connectivity index (χ0v) is 13.4. The third kappa shape index (κ3) is 4.62. The van der Waals surface area contributed by atoms with Crippen LogP contribution in [0.5, 0.6) is 0 Å². The van der Waals surface area contributed by atoms with E-state index in [9.17, 15) is 0 Å². The molecule has 2 heteroatoms. The second-order valence-electron chi connectivity index (χ2n) is 4.75. The Morgan fingerprint density at radius 3 is 2.32 bits per heavy atom. The van der Waals surface area contributed by atoms with E-state index in [2.05, 4.69) is 89.4 Å². The summed E-state index contributed by atoms with van der Waals surface area (Å²) >= 11 is 2.35. The first-order chi connectivity index (χ1) is 9.29. The molecule has 100 valence electrons. The molecular weight excluding hydrogens is 345 g/mol. The van der Waals surface area contributed by atoms with Gasteiger partial charge in [0.05, 0.1) is 0 Å². The number of rotatable bonds is 6. The second-order valence-corrected chi connectivity index (χ2v) is 5.99. The van der Waals surface area contributed by atoms with Crippen molar-refractivity contribution in [1.82, 2.24) is 5.32 Å². The molecule has 2 rings (SSSR count). The highest BCUT2D eigenvalue weighted by Crippen LogP contribution is 2.20. The molecule has 0 amide bonds. The number of nitrogens with one attached hydrogen (secondary N) is 1. The first-order valence-electron chi connectivity index (χ1n) is 6.79. The summed E-state index contributed by atoms with van der Waals surface area (Å²) in [6.07, 6.45) is 1.09. The van der Waals surface area contributed by atoms with Gasteiger partial charge in [0.2, 0.25) is 0 Å². The highest BCUT2D eigenvalue weighted by molar-refractivity contribution is 14.1. The van der Waals surface area contributed by atoms with Gasteiger partial charge in [-0.1, -0.05) is 49.4 Å². The normalized spacial score (nSPS) is 12.3. The summed E-state index contributed by atoms with van der Waals surface area (Å²) < 4.78 is 1.30. The molecule has 0 aromatic heterocycles. The van der Waals surface area contributed by atoms with Crippen LogP contribution < -0.4 is 5.32 Å². The van der Waals surface area contributed by atoms with Crippen LogP contribution in [0.3, 0.4) is 0 Å². The van der Waals surface area contributed by atoms with Gasteiger partial charge < -0.3 is 5.32 Å². The summed E-state index contributed by atoms with van der Waals surface area (Å²) in [5.74, 6) is 0.543. The molecule has 0 bridgehead atoms. The maximum atomic E-state index is 3.48. The Morgan fingerprint density at radius 2 is 1.68 bits per heavy atom. The highest BCUT2D eigenvalue weighted by Gasteiger charge is 2.11. The average molecular weight is 365 g/mol. The van der Waals surface area contributed by atoms with Crippen LogP contribution in [0.4, 0.5) is 0 Å². The van der Waals surface area contributed by atoms with Crippen molar-refractivity contribution in [3.63, 3.8) is 0 Å². The Morgan fingerprint density at radius 1 is 1.00 bits per heavy atom. The van der Waals surface area contributed by atoms with Crippen molar-refractivity contribution in [2.45, 2.75) is 19.3 Å². The van der Waals surface area contributed by atoms with E-state index in [1.54, 1.807) is 0 Å². The average Bonchev–Trinajstić information content (AvgIpc) is 2.46. The van der Waals surface area contributed by atoms with E-state index in [4.69, 9.17) is 0 Å². The summed E-state index contributed by atoms with van der Waals surface area (Å²) in [4.78, 5) is 0. The van der Waals surface area contributed by atoms with E-state index in [1.165, 1.54) is 14.7 Å². The van der Waals surface area contributed by atoms with Crippen molar-refractivity contribution >= 4 is 22.6 Å². The number of benzene rings is 2. The lowest BCUT2D eigenvalue weighted by Crippen LogP contribution is -2.22. The Hall–Kier alpha value is -0.870. The van der Waals surface area contributed by atoms with Gasteiger partial charge in [-0.2, -0.15) is 0 Å². The molecule has 0 radical (unpaired) electrons. The lowest BCUT2D eigenvalue weighted by atomic mass is 9.92. The quantitative estimate of drug-likeness (QED) is 0.756. The lowest BCUT2D eigenvalue weighted by Gasteiger charge is -2.18. The van der Waals surface area contributed by atoms with Gasteiger partial charge in [0.1, 0.15) is 0 Å². The number of hydrogen-bond donors (Lipinski definition) is 1. The minimum atomic E-state index is 0.543. The van der Waals surface area contributed by atoms with Crippen molar-refractivity contribution in [2.75, 3.05) is 13.1 Å². The summed E-state index contributed by atoms with van der Waals surface area (Å²) in [6.45, 7) is 4.22. The fourth-order valence-electron chi connectivity index (χ4n) is 2.26. The molecule has 0 heterocycles. The molecule has 0 saturated carbocycles. The minimum Gasteiger partial charge on any atom is -0.316 e. The zero-order valence-electron chi connectivity index (χ0n) is 11.3. The van der Waals surface area contributed by atoms with E-state index in [0.717, 1.165) is 19.5 Å². The van der Waals surface area contributed by atoms with Gasteiger partial charge in [-0.05, 0) is 58.8 Å². The Labute approximate surface area is 129 Å². The van der Waals surface area contributed by atoms with Gasteiger partial charge in [0.15, 0.2) is 0 Å². The summed E-state index contributed by atoms with van der Waals surface area (Å²) in [5.41, 5.74) is 2.83. The van der Waals surface area contributed by atoms with Crippen LogP contribution in [0, 0.1) is 3.57 Å². The van der Waals surface area contributed by atoms with Gasteiger partial charge in [-0.25, -0.2) is 0 Å². The van der Waals surface area contributed by atoms with Crippen LogP contribution in [-0.2, 0) is 6.42 Å². The fourth-order valence-corrected chi connectivity index (χ4v) is 2.62. The van der Waals surface area contributed by atoms with Gasteiger partial charge in [0, 0.05) is 16.0 Å². The van der Waals surface area contributed by atoms with Crippen LogP contribution in [0.25, 0.3) is 0 Å². The lowest BCUT2D eigenvalue weighted by molar-refractivity contribution is 0.595. The summed E-state index contributed by atoms with van der Waals surface area (Å²) in [7, 11) is 0. The number of likely N-dealkylation sites (N-methyl/N-ethyl adjacent to an activating group) is 1. The van der Waals surface area contributed by atoms with Gasteiger partial charge in [-0.15, -0.1) is 0 Å². The van der Waals surface area contributed by atoms with E-state index in [-0.39, 0.29) is 0 Å². The predicted octanol–water partition coefficient (Wildman–Crippen LogP) is 4.23. The molecule has 19 heavy (non-hydrogen) atoms. The fraction of sp³-hybridized carbons (Fsp3) is 0.294. The monoisotopic (exact) mass is 365 g/mol. The van der Waals surface area contributed by atoms with E-state index >= 15 is 0 Å². The molecule has 1 nitrogen and oxygen atoms in total. The third-order valence-electron chi connectivity index (χ3n) is 3.31. The van der Waals surface area contributed by atoms with Crippen molar-refractivity contribution in [2.24, 2.45) is 0 Å². The molecular formula is C17H20IN. The zero-order chi connectivity index (χ0) is 13.5. The Kier molecular flexibility index (Phi) is 5.86. The minimum absolute atomic E-state index is 0.543. The molecule has 0 aliphatic rings. The molecule has 0 saturated heterocycles. The Bertz CT molecular complexity index is 478. The summed E-state index contributed by atoms with van der Waals surface area (Å²) in [5, 5.41) is 3.48. The third-order valence-corrected chi connectivity index (χ3v) is 4.03. The van der Waals surface area contributed by atoms with Crippen LogP contribution in [0.15, 0.2) is 54.6 Å². The molecule has 1 unspecified atom stereocenters. The molecule has 1 N–H and O–H groups in total. The SMILES string of the molecule is CCNCC(Cc1ccc(I)cc1)c1ccccc1. The largest absolute Gasteiger partial charge is 0.316 e. The number of halogens is 1. The predicted molar refractivity (Wildman–Crippen MR) is 90.6 cm³/mol. The number of hydrogen-bond acceptors (Lipinski definition) is 1. The van der Waals surface area contributed by atoms with Gasteiger partial charge in [0.25, 0.3) is 0 Å². The molecule has 0 fully saturated rings. The molecule has 2 aromatic carbocycles. The van der Waals surface area contributed by atoms with Crippen LogP contribution in [0.1, 0.15) is 24.0 Å². The van der Waals surface area contributed by atoms with Gasteiger partial charge >= 0.3 is 0 Å². The van der Waals surface area contributed by atoms with Gasteiger partial charge in [-0.3, -0.25) is 0 Å². The van der Waals surface area contributed by atoms with E-state index < -0.39 is 0 Å². The molecule has 0 spiro atoms. The first-order valence-corrected chi connectivity index (χ1v) is 7.87. The molecule has 1 atom stereocenters. The van der Waals surface area contributed by atoms with Crippen LogP contribution in [0.2, 0.25) is 0 Å². The van der Waals surface area contributed by atoms with E-state index in [0.29, 0.717) is 5.92 Å². The standard InChI is InChI=1S/C17H20IN/c1-2-19-13-16(15-6-4-3-5-7-15)12-14-8-10-17(18)11-9-14/h3-11,16,19H,2,12-13H2,1H3. The maximum absolute atomic E-state index is 3.48.